The number of carboxylic acid groups (broad SMARTS) is 1. The number of amides is 1. The van der Waals surface area contributed by atoms with Crippen molar-refractivity contribution in [2.45, 2.75) is 38.1 Å². The molecule has 2 aliphatic rings. The first kappa shape index (κ1) is 17.6. The smallest absolute Gasteiger partial charge is 0.407 e. The number of nitrogens with one attached hydrogen (secondary N) is 1. The first-order chi connectivity index (χ1) is 13.0. The molecule has 4 rings (SSSR count). The number of hydrogen-bond acceptors (Lipinski definition) is 3. The van der Waals surface area contributed by atoms with Crippen LogP contribution in [0.4, 0.5) is 4.79 Å². The third-order valence-electron chi connectivity index (χ3n) is 6.08. The molecule has 0 saturated heterocycles. The van der Waals surface area contributed by atoms with E-state index in [1.165, 1.54) is 11.1 Å². The normalized spacial score (nSPS) is 23.5. The molecule has 5 heteroatoms. The lowest BCUT2D eigenvalue weighted by Crippen LogP contribution is -2.47. The van der Waals surface area contributed by atoms with Gasteiger partial charge in [-0.3, -0.25) is 4.79 Å². The van der Waals surface area contributed by atoms with Crippen LogP contribution in [-0.4, -0.2) is 29.8 Å². The van der Waals surface area contributed by atoms with Crippen molar-refractivity contribution >= 4 is 12.1 Å². The van der Waals surface area contributed by atoms with Crippen molar-refractivity contribution in [2.24, 2.45) is 5.41 Å². The van der Waals surface area contributed by atoms with E-state index in [4.69, 9.17) is 4.74 Å². The van der Waals surface area contributed by atoms with Gasteiger partial charge < -0.3 is 15.2 Å². The van der Waals surface area contributed by atoms with Gasteiger partial charge in [-0.2, -0.15) is 0 Å². The maximum Gasteiger partial charge on any atom is 0.407 e. The second-order valence-electron chi connectivity index (χ2n) is 7.64. The fourth-order valence-electron chi connectivity index (χ4n) is 4.44. The third kappa shape index (κ3) is 2.97. The van der Waals surface area contributed by atoms with Crippen LogP contribution < -0.4 is 5.32 Å². The SMILES string of the molecule is C[C@]1(C(=O)O)CCC[C@@H]1NC(=O)OCC1c2ccccc2-c2ccccc21. The highest BCUT2D eigenvalue weighted by molar-refractivity contribution is 5.79. The second-order valence-corrected chi connectivity index (χ2v) is 7.64. The fraction of sp³-hybridized carbons (Fsp3) is 0.364. The van der Waals surface area contributed by atoms with E-state index >= 15 is 0 Å². The van der Waals surface area contributed by atoms with Crippen molar-refractivity contribution in [1.82, 2.24) is 5.32 Å². The topological polar surface area (TPSA) is 75.6 Å². The molecule has 1 amide bonds. The summed E-state index contributed by atoms with van der Waals surface area (Å²) in [5, 5.41) is 12.3. The molecule has 0 unspecified atom stereocenters. The van der Waals surface area contributed by atoms with E-state index in [2.05, 4.69) is 29.6 Å². The number of alkyl carbamates (subject to hydrolysis) is 1. The van der Waals surface area contributed by atoms with E-state index in [0.29, 0.717) is 12.8 Å². The van der Waals surface area contributed by atoms with Crippen LogP contribution in [0.1, 0.15) is 43.2 Å². The van der Waals surface area contributed by atoms with Crippen molar-refractivity contribution in [3.05, 3.63) is 59.7 Å². The molecule has 27 heavy (non-hydrogen) atoms. The predicted molar refractivity (Wildman–Crippen MR) is 102 cm³/mol. The summed E-state index contributed by atoms with van der Waals surface area (Å²) in [7, 11) is 0. The van der Waals surface area contributed by atoms with Crippen molar-refractivity contribution in [3.63, 3.8) is 0 Å². The van der Waals surface area contributed by atoms with E-state index < -0.39 is 23.5 Å². The summed E-state index contributed by atoms with van der Waals surface area (Å²) in [5.41, 5.74) is 3.74. The van der Waals surface area contributed by atoms with E-state index in [1.54, 1.807) is 6.92 Å². The Hall–Kier alpha value is -2.82. The van der Waals surface area contributed by atoms with Gasteiger partial charge in [-0.1, -0.05) is 55.0 Å². The number of benzene rings is 2. The molecule has 140 valence electrons. The Morgan fingerprint density at radius 3 is 2.30 bits per heavy atom. The highest BCUT2D eigenvalue weighted by Gasteiger charge is 2.46. The van der Waals surface area contributed by atoms with Gasteiger partial charge in [-0.15, -0.1) is 0 Å². The Morgan fingerprint density at radius 1 is 1.11 bits per heavy atom. The predicted octanol–water partition coefficient (Wildman–Crippen LogP) is 4.17. The molecule has 1 fully saturated rings. The highest BCUT2D eigenvalue weighted by atomic mass is 16.5. The Labute approximate surface area is 158 Å². The Kier molecular flexibility index (Phi) is 4.38. The van der Waals surface area contributed by atoms with Crippen LogP contribution in [0.3, 0.4) is 0 Å². The van der Waals surface area contributed by atoms with Crippen LogP contribution in [0.25, 0.3) is 11.1 Å². The zero-order chi connectivity index (χ0) is 19.0. The lowest BCUT2D eigenvalue weighted by atomic mass is 9.85. The Balaban J connectivity index is 1.46. The largest absolute Gasteiger partial charge is 0.481 e. The molecule has 0 aliphatic heterocycles. The van der Waals surface area contributed by atoms with Crippen molar-refractivity contribution in [1.29, 1.82) is 0 Å². The van der Waals surface area contributed by atoms with Crippen molar-refractivity contribution < 1.29 is 19.4 Å². The molecule has 0 bridgehead atoms. The number of fused-ring (bicyclic) bond motifs is 3. The summed E-state index contributed by atoms with van der Waals surface area (Å²) in [4.78, 5) is 23.9. The lowest BCUT2D eigenvalue weighted by Gasteiger charge is -2.27. The number of aliphatic carboxylic acids is 1. The van der Waals surface area contributed by atoms with Crippen LogP contribution in [0.2, 0.25) is 0 Å². The van der Waals surface area contributed by atoms with Crippen molar-refractivity contribution in [3.8, 4) is 11.1 Å². The first-order valence-corrected chi connectivity index (χ1v) is 9.35. The summed E-state index contributed by atoms with van der Waals surface area (Å²) < 4.78 is 5.53. The number of carbonyl (C=O) groups is 2. The number of carboxylic acids is 1. The second kappa shape index (κ2) is 6.72. The zero-order valence-corrected chi connectivity index (χ0v) is 15.3. The summed E-state index contributed by atoms with van der Waals surface area (Å²) in [6.45, 7) is 1.92. The third-order valence-corrected chi connectivity index (χ3v) is 6.08. The molecular weight excluding hydrogens is 342 g/mol. The summed E-state index contributed by atoms with van der Waals surface area (Å²) in [6.07, 6.45) is 1.47. The molecule has 2 atom stereocenters. The van der Waals surface area contributed by atoms with Gasteiger partial charge in [0.25, 0.3) is 0 Å². The van der Waals surface area contributed by atoms with Crippen LogP contribution in [0.15, 0.2) is 48.5 Å². The maximum atomic E-state index is 12.4. The molecular formula is C22H23NO4. The first-order valence-electron chi connectivity index (χ1n) is 9.35. The standard InChI is InChI=1S/C22H23NO4/c1-22(20(24)25)12-6-11-19(22)23-21(26)27-13-18-16-9-4-2-7-14(16)15-8-3-5-10-17(15)18/h2-5,7-10,18-19H,6,11-13H2,1H3,(H,23,26)(H,24,25)/t19-,22-/m0/s1. The van der Waals surface area contributed by atoms with Gasteiger partial charge in [0.05, 0.1) is 5.41 Å². The van der Waals surface area contributed by atoms with Gasteiger partial charge >= 0.3 is 12.1 Å². The average molecular weight is 365 g/mol. The minimum absolute atomic E-state index is 0.00224. The van der Waals surface area contributed by atoms with Gasteiger partial charge in [0.15, 0.2) is 0 Å². The fourth-order valence-corrected chi connectivity index (χ4v) is 4.44. The number of carbonyl (C=O) groups excluding carboxylic acids is 1. The van der Waals surface area contributed by atoms with E-state index in [0.717, 1.165) is 17.5 Å². The molecule has 2 aromatic carbocycles. The van der Waals surface area contributed by atoms with E-state index in [1.807, 2.05) is 24.3 Å². The lowest BCUT2D eigenvalue weighted by molar-refractivity contribution is -0.148. The zero-order valence-electron chi connectivity index (χ0n) is 15.3. The Morgan fingerprint density at radius 2 is 1.70 bits per heavy atom. The van der Waals surface area contributed by atoms with Gasteiger partial charge in [0, 0.05) is 12.0 Å². The molecule has 0 aromatic heterocycles. The van der Waals surface area contributed by atoms with Gasteiger partial charge in [0.1, 0.15) is 6.61 Å². The van der Waals surface area contributed by atoms with E-state index in [9.17, 15) is 14.7 Å². The number of hydrogen-bond donors (Lipinski definition) is 2. The van der Waals surface area contributed by atoms with Gasteiger partial charge in [-0.05, 0) is 42.0 Å². The van der Waals surface area contributed by atoms with Gasteiger partial charge in [0.2, 0.25) is 0 Å². The molecule has 1 saturated carbocycles. The number of rotatable bonds is 4. The monoisotopic (exact) mass is 365 g/mol. The summed E-state index contributed by atoms with van der Waals surface area (Å²) in [6, 6.07) is 15.9. The molecule has 0 radical (unpaired) electrons. The minimum Gasteiger partial charge on any atom is -0.481 e. The van der Waals surface area contributed by atoms with Crippen LogP contribution in [-0.2, 0) is 9.53 Å². The Bertz CT molecular complexity index is 848. The molecule has 5 nitrogen and oxygen atoms in total. The van der Waals surface area contributed by atoms with Crippen LogP contribution in [0.5, 0.6) is 0 Å². The average Bonchev–Trinajstić information content (AvgIpc) is 3.19. The maximum absolute atomic E-state index is 12.4. The number of ether oxygens (including phenoxy) is 1. The van der Waals surface area contributed by atoms with Gasteiger partial charge in [-0.25, -0.2) is 4.79 Å². The van der Waals surface area contributed by atoms with Crippen LogP contribution >= 0.6 is 0 Å². The molecule has 2 aromatic rings. The summed E-state index contributed by atoms with van der Waals surface area (Å²) in [5.74, 6) is -0.874. The quantitative estimate of drug-likeness (QED) is 0.853. The molecule has 2 N–H and O–H groups in total. The highest BCUT2D eigenvalue weighted by Crippen LogP contribution is 2.44. The molecule has 0 spiro atoms. The molecule has 2 aliphatic carbocycles. The van der Waals surface area contributed by atoms with Crippen LogP contribution in [0, 0.1) is 5.41 Å². The molecule has 0 heterocycles. The summed E-state index contributed by atoms with van der Waals surface area (Å²) >= 11 is 0. The van der Waals surface area contributed by atoms with Crippen molar-refractivity contribution in [2.75, 3.05) is 6.61 Å². The minimum atomic E-state index is -0.925. The van der Waals surface area contributed by atoms with E-state index in [-0.39, 0.29) is 12.5 Å².